The largest absolute Gasteiger partial charge is 0.356 e. The molecule has 0 spiro atoms. The predicted molar refractivity (Wildman–Crippen MR) is 99.6 cm³/mol. The maximum absolute atomic E-state index is 11.7. The van der Waals surface area contributed by atoms with Gasteiger partial charge in [-0.1, -0.05) is 6.92 Å². The molecule has 2 rings (SSSR count). The van der Waals surface area contributed by atoms with Gasteiger partial charge >= 0.3 is 0 Å². The van der Waals surface area contributed by atoms with Gasteiger partial charge in [0.25, 0.3) is 0 Å². The van der Waals surface area contributed by atoms with E-state index in [-0.39, 0.29) is 5.91 Å². The number of unbranched alkanes of at least 4 members (excludes halogenated alkanes) is 1. The minimum atomic E-state index is 0.236. The molecule has 1 fully saturated rings. The van der Waals surface area contributed by atoms with E-state index in [1.807, 2.05) is 18.7 Å². The van der Waals surface area contributed by atoms with Crippen molar-refractivity contribution in [1.82, 2.24) is 20.5 Å². The predicted octanol–water partition coefficient (Wildman–Crippen LogP) is 1.95. The number of rotatable bonds is 7. The van der Waals surface area contributed by atoms with Gasteiger partial charge in [-0.05, 0) is 32.6 Å². The fourth-order valence-corrected chi connectivity index (χ4v) is 3.66. The molecule has 1 atom stereocenters. The zero-order chi connectivity index (χ0) is 17.4. The molecule has 1 aliphatic heterocycles. The Morgan fingerprint density at radius 2 is 2.33 bits per heavy atom. The van der Waals surface area contributed by atoms with E-state index in [1.165, 1.54) is 5.01 Å². The summed E-state index contributed by atoms with van der Waals surface area (Å²) >= 11 is 1.74. The highest BCUT2D eigenvalue weighted by molar-refractivity contribution is 7.09. The average molecular weight is 352 g/mol. The van der Waals surface area contributed by atoms with Crippen LogP contribution in [0.1, 0.15) is 43.3 Å². The van der Waals surface area contributed by atoms with Crippen molar-refractivity contribution in [2.45, 2.75) is 52.0 Å². The third-order valence-electron chi connectivity index (χ3n) is 4.18. The number of hydrogen-bond acceptors (Lipinski definition) is 4. The Hall–Kier alpha value is -1.63. The van der Waals surface area contributed by atoms with Crippen molar-refractivity contribution in [1.29, 1.82) is 0 Å². The molecule has 0 saturated carbocycles. The van der Waals surface area contributed by atoms with Crippen molar-refractivity contribution in [3.05, 3.63) is 16.1 Å². The number of aryl methyl sites for hydroxylation is 2. The quantitative estimate of drug-likeness (QED) is 0.447. The molecule has 1 aromatic rings. The number of aliphatic imine (C=N–C) groups is 1. The summed E-state index contributed by atoms with van der Waals surface area (Å²) in [6, 6.07) is 0.296. The molecule has 0 bridgehead atoms. The summed E-state index contributed by atoms with van der Waals surface area (Å²) in [6.45, 7) is 6.46. The molecule has 1 unspecified atom stereocenters. The van der Waals surface area contributed by atoms with Crippen molar-refractivity contribution in [2.75, 3.05) is 26.7 Å². The first-order valence-electron chi connectivity index (χ1n) is 8.78. The van der Waals surface area contributed by atoms with Crippen LogP contribution in [0.3, 0.4) is 0 Å². The topological polar surface area (TPSA) is 69.6 Å². The molecular formula is C17H29N5OS. The van der Waals surface area contributed by atoms with Gasteiger partial charge in [0.2, 0.25) is 5.91 Å². The molecule has 0 radical (unpaired) electrons. The van der Waals surface area contributed by atoms with Gasteiger partial charge in [0.15, 0.2) is 5.96 Å². The first kappa shape index (κ1) is 18.7. The third kappa shape index (κ3) is 5.78. The molecule has 1 saturated heterocycles. The van der Waals surface area contributed by atoms with Crippen molar-refractivity contribution >= 4 is 23.2 Å². The number of aromatic nitrogens is 1. The van der Waals surface area contributed by atoms with Crippen LogP contribution in [-0.2, 0) is 11.2 Å². The van der Waals surface area contributed by atoms with Gasteiger partial charge in [-0.2, -0.15) is 0 Å². The van der Waals surface area contributed by atoms with E-state index < -0.39 is 0 Å². The number of likely N-dealkylation sites (tertiary alicyclic amines) is 1. The second-order valence-electron chi connectivity index (χ2n) is 6.16. The number of amides is 1. The van der Waals surface area contributed by atoms with Crippen molar-refractivity contribution in [2.24, 2.45) is 4.99 Å². The van der Waals surface area contributed by atoms with Gasteiger partial charge < -0.3 is 15.5 Å². The Kier molecular flexibility index (Phi) is 7.49. The number of carbonyl (C=O) groups is 1. The zero-order valence-corrected chi connectivity index (χ0v) is 15.8. The lowest BCUT2D eigenvalue weighted by atomic mass is 10.2. The Balaban J connectivity index is 1.61. The fraction of sp³-hybridized carbons (Fsp3) is 0.706. The van der Waals surface area contributed by atoms with Gasteiger partial charge in [0, 0.05) is 50.2 Å². The van der Waals surface area contributed by atoms with Crippen LogP contribution in [0.25, 0.3) is 0 Å². The van der Waals surface area contributed by atoms with E-state index in [1.54, 1.807) is 18.4 Å². The van der Waals surface area contributed by atoms with Crippen LogP contribution < -0.4 is 10.6 Å². The molecule has 24 heavy (non-hydrogen) atoms. The van der Waals surface area contributed by atoms with E-state index in [4.69, 9.17) is 0 Å². The second-order valence-corrected chi connectivity index (χ2v) is 7.10. The zero-order valence-electron chi connectivity index (χ0n) is 15.0. The van der Waals surface area contributed by atoms with E-state index in [0.717, 1.165) is 57.0 Å². The number of carbonyl (C=O) groups excluding carboxylic acids is 1. The number of guanidine groups is 1. The standard InChI is InChI=1S/C17H29N5OS/c1-4-16(23)22-10-8-14(11-22)21-17(18-3)19-9-6-5-7-15-20-13(2)12-24-15/h12,14H,4-11H2,1-3H3,(H2,18,19,21). The monoisotopic (exact) mass is 351 g/mol. The third-order valence-corrected chi connectivity index (χ3v) is 5.21. The SMILES string of the molecule is CCC(=O)N1CCC(NC(=NC)NCCCCc2nc(C)cs2)C1. The highest BCUT2D eigenvalue weighted by Gasteiger charge is 2.25. The Bertz CT molecular complexity index is 557. The first-order chi connectivity index (χ1) is 11.6. The lowest BCUT2D eigenvalue weighted by Gasteiger charge is -2.18. The molecule has 0 aliphatic carbocycles. The van der Waals surface area contributed by atoms with Crippen molar-refractivity contribution in [3.8, 4) is 0 Å². The summed E-state index contributed by atoms with van der Waals surface area (Å²) in [5.74, 6) is 1.07. The molecular weight excluding hydrogens is 322 g/mol. The van der Waals surface area contributed by atoms with E-state index in [0.29, 0.717) is 12.5 Å². The van der Waals surface area contributed by atoms with Crippen LogP contribution in [-0.4, -0.2) is 54.5 Å². The summed E-state index contributed by atoms with van der Waals surface area (Å²) in [5, 5.41) is 10.1. The highest BCUT2D eigenvalue weighted by Crippen LogP contribution is 2.12. The summed E-state index contributed by atoms with van der Waals surface area (Å²) in [4.78, 5) is 22.4. The minimum absolute atomic E-state index is 0.236. The Labute approximate surface area is 148 Å². The van der Waals surface area contributed by atoms with Crippen molar-refractivity contribution in [3.63, 3.8) is 0 Å². The van der Waals surface area contributed by atoms with Gasteiger partial charge in [-0.15, -0.1) is 11.3 Å². The summed E-state index contributed by atoms with van der Waals surface area (Å²) < 4.78 is 0. The lowest BCUT2D eigenvalue weighted by molar-refractivity contribution is -0.129. The van der Waals surface area contributed by atoms with Crippen molar-refractivity contribution < 1.29 is 4.79 Å². The van der Waals surface area contributed by atoms with E-state index in [2.05, 4.69) is 26.0 Å². The van der Waals surface area contributed by atoms with E-state index >= 15 is 0 Å². The molecule has 0 aromatic carbocycles. The number of nitrogens with one attached hydrogen (secondary N) is 2. The molecule has 1 aliphatic rings. The van der Waals surface area contributed by atoms with Crippen LogP contribution in [0.15, 0.2) is 10.4 Å². The second kappa shape index (κ2) is 9.61. The molecule has 2 N–H and O–H groups in total. The van der Waals surface area contributed by atoms with Gasteiger partial charge in [0.05, 0.1) is 5.01 Å². The number of hydrogen-bond donors (Lipinski definition) is 2. The molecule has 134 valence electrons. The first-order valence-corrected chi connectivity index (χ1v) is 9.66. The number of thiazole rings is 1. The van der Waals surface area contributed by atoms with Crippen LogP contribution >= 0.6 is 11.3 Å². The van der Waals surface area contributed by atoms with Gasteiger partial charge in [-0.25, -0.2) is 4.98 Å². The Morgan fingerprint density at radius 1 is 1.50 bits per heavy atom. The molecule has 7 heteroatoms. The average Bonchev–Trinajstić information content (AvgIpc) is 3.21. The van der Waals surface area contributed by atoms with Crippen LogP contribution in [0.4, 0.5) is 0 Å². The lowest BCUT2D eigenvalue weighted by Crippen LogP contribution is -2.45. The van der Waals surface area contributed by atoms with Crippen LogP contribution in [0.2, 0.25) is 0 Å². The fourth-order valence-electron chi connectivity index (χ4n) is 2.84. The van der Waals surface area contributed by atoms with Gasteiger partial charge in [-0.3, -0.25) is 9.79 Å². The maximum Gasteiger partial charge on any atom is 0.222 e. The van der Waals surface area contributed by atoms with E-state index in [9.17, 15) is 4.79 Å². The molecule has 1 amide bonds. The molecule has 1 aromatic heterocycles. The smallest absolute Gasteiger partial charge is 0.222 e. The normalized spacial score (nSPS) is 18.0. The summed E-state index contributed by atoms with van der Waals surface area (Å²) in [7, 11) is 1.79. The highest BCUT2D eigenvalue weighted by atomic mass is 32.1. The van der Waals surface area contributed by atoms with Crippen LogP contribution in [0.5, 0.6) is 0 Å². The minimum Gasteiger partial charge on any atom is -0.356 e. The maximum atomic E-state index is 11.7. The summed E-state index contributed by atoms with van der Waals surface area (Å²) in [6.07, 6.45) is 4.82. The number of nitrogens with zero attached hydrogens (tertiary/aromatic N) is 3. The molecule has 6 nitrogen and oxygen atoms in total. The summed E-state index contributed by atoms with van der Waals surface area (Å²) in [5.41, 5.74) is 1.12. The van der Waals surface area contributed by atoms with Crippen LogP contribution in [0, 0.1) is 6.92 Å². The molecule has 2 heterocycles. The van der Waals surface area contributed by atoms with Gasteiger partial charge in [0.1, 0.15) is 0 Å². The Morgan fingerprint density at radius 3 is 3.00 bits per heavy atom.